The highest BCUT2D eigenvalue weighted by Gasteiger charge is 2.15. The lowest BCUT2D eigenvalue weighted by Crippen LogP contribution is -2.04. The first-order chi connectivity index (χ1) is 14.1. The van der Waals surface area contributed by atoms with E-state index in [1.165, 1.54) is 69.4 Å². The molecule has 29 heavy (non-hydrogen) atoms. The molecule has 0 saturated heterocycles. The van der Waals surface area contributed by atoms with E-state index in [4.69, 9.17) is 9.47 Å². The highest BCUT2D eigenvalue weighted by Crippen LogP contribution is 2.32. The van der Waals surface area contributed by atoms with E-state index in [1.807, 2.05) is 24.3 Å². The van der Waals surface area contributed by atoms with Crippen LogP contribution in [-0.2, 0) is 4.79 Å². The summed E-state index contributed by atoms with van der Waals surface area (Å²) in [4.78, 5) is 11.2. The molecule has 3 heteroatoms. The van der Waals surface area contributed by atoms with Crippen molar-refractivity contribution >= 4 is 5.97 Å². The average Bonchev–Trinajstić information content (AvgIpc) is 2.73. The smallest absolute Gasteiger partial charge is 0.308 e. The zero-order valence-electron chi connectivity index (χ0n) is 18.3. The molecule has 2 rings (SSSR count). The van der Waals surface area contributed by atoms with Gasteiger partial charge in [0.05, 0.1) is 7.11 Å². The third-order valence-corrected chi connectivity index (χ3v) is 5.41. The minimum Gasteiger partial charge on any atom is -0.497 e. The molecule has 0 bridgehead atoms. The Balaban J connectivity index is 1.98. The number of hydrogen-bond acceptors (Lipinski definition) is 3. The number of rotatable bonds is 13. The Morgan fingerprint density at radius 1 is 0.759 bits per heavy atom. The molecule has 3 nitrogen and oxygen atoms in total. The third kappa shape index (κ3) is 8.31. The summed E-state index contributed by atoms with van der Waals surface area (Å²) in [5.74, 6) is 1.53. The quantitative estimate of drug-likeness (QED) is 0.203. The van der Waals surface area contributed by atoms with Crippen molar-refractivity contribution in [1.82, 2.24) is 0 Å². The molecule has 2 aromatic carbocycles. The number of unbranched alkanes of at least 4 members (excludes halogenated alkanes) is 7. The van der Waals surface area contributed by atoms with Crippen LogP contribution in [0.1, 0.15) is 88.7 Å². The van der Waals surface area contributed by atoms with Crippen LogP contribution in [0.4, 0.5) is 0 Å². The minimum atomic E-state index is -0.289. The summed E-state index contributed by atoms with van der Waals surface area (Å²) in [6.45, 7) is 3.69. The molecular weight excluding hydrogens is 360 g/mol. The molecule has 1 atom stereocenters. The summed E-state index contributed by atoms with van der Waals surface area (Å²) in [5.41, 5.74) is 2.56. The Hall–Kier alpha value is -2.29. The van der Waals surface area contributed by atoms with Crippen molar-refractivity contribution in [1.29, 1.82) is 0 Å². The Labute approximate surface area is 176 Å². The number of hydrogen-bond donors (Lipinski definition) is 0. The molecule has 0 spiro atoms. The van der Waals surface area contributed by atoms with E-state index in [9.17, 15) is 4.79 Å². The van der Waals surface area contributed by atoms with Gasteiger partial charge in [-0.25, -0.2) is 0 Å². The van der Waals surface area contributed by atoms with Gasteiger partial charge in [0.25, 0.3) is 0 Å². The fourth-order valence-corrected chi connectivity index (χ4v) is 3.78. The zero-order valence-corrected chi connectivity index (χ0v) is 18.3. The maximum Gasteiger partial charge on any atom is 0.308 e. The van der Waals surface area contributed by atoms with E-state index >= 15 is 0 Å². The Bertz CT molecular complexity index is 704. The normalized spacial score (nSPS) is 11.8. The highest BCUT2D eigenvalue weighted by molar-refractivity contribution is 5.69. The summed E-state index contributed by atoms with van der Waals surface area (Å²) in [6.07, 6.45) is 11.7. The summed E-state index contributed by atoms with van der Waals surface area (Å²) >= 11 is 0. The van der Waals surface area contributed by atoms with Crippen molar-refractivity contribution in [3.63, 3.8) is 0 Å². The van der Waals surface area contributed by atoms with Crippen LogP contribution in [0.2, 0.25) is 0 Å². The molecule has 0 amide bonds. The number of methoxy groups -OCH3 is 1. The maximum absolute atomic E-state index is 11.2. The van der Waals surface area contributed by atoms with Gasteiger partial charge < -0.3 is 9.47 Å². The van der Waals surface area contributed by atoms with Crippen LogP contribution in [0, 0.1) is 0 Å². The van der Waals surface area contributed by atoms with Gasteiger partial charge in [0.2, 0.25) is 0 Å². The second kappa shape index (κ2) is 13.0. The number of ether oxygens (including phenoxy) is 2. The van der Waals surface area contributed by atoms with Crippen molar-refractivity contribution in [2.75, 3.05) is 7.11 Å². The molecule has 0 saturated carbocycles. The molecule has 0 N–H and O–H groups in total. The number of carbonyl (C=O) groups excluding carboxylic acids is 1. The van der Waals surface area contributed by atoms with E-state index in [0.717, 1.165) is 12.2 Å². The molecule has 0 aliphatic rings. The van der Waals surface area contributed by atoms with Gasteiger partial charge in [-0.15, -0.1) is 0 Å². The lowest BCUT2D eigenvalue weighted by Gasteiger charge is -2.19. The van der Waals surface area contributed by atoms with Crippen molar-refractivity contribution in [3.05, 3.63) is 59.7 Å². The van der Waals surface area contributed by atoms with Crippen LogP contribution < -0.4 is 9.47 Å². The van der Waals surface area contributed by atoms with Gasteiger partial charge in [-0.1, -0.05) is 82.6 Å². The average molecular weight is 397 g/mol. The van der Waals surface area contributed by atoms with Crippen molar-refractivity contribution in [3.8, 4) is 11.5 Å². The topological polar surface area (TPSA) is 35.5 Å². The molecule has 1 unspecified atom stereocenters. The number of carbonyl (C=O) groups is 1. The van der Waals surface area contributed by atoms with Gasteiger partial charge >= 0.3 is 5.97 Å². The highest BCUT2D eigenvalue weighted by atomic mass is 16.5. The summed E-state index contributed by atoms with van der Waals surface area (Å²) in [7, 11) is 1.70. The molecule has 2 aromatic rings. The van der Waals surface area contributed by atoms with Crippen LogP contribution in [0.15, 0.2) is 48.5 Å². The van der Waals surface area contributed by atoms with Crippen molar-refractivity contribution < 1.29 is 14.3 Å². The SMILES string of the molecule is CCCCCCCCCCC(c1ccc(OC)cc1)c1ccc(OC(C)=O)cc1. The first kappa shape index (κ1) is 23.0. The van der Waals surface area contributed by atoms with Crippen LogP contribution in [-0.4, -0.2) is 13.1 Å². The lowest BCUT2D eigenvalue weighted by molar-refractivity contribution is -0.131. The molecule has 158 valence electrons. The summed E-state index contributed by atoms with van der Waals surface area (Å²) in [6, 6.07) is 16.3. The van der Waals surface area contributed by atoms with Crippen LogP contribution in [0.5, 0.6) is 11.5 Å². The Morgan fingerprint density at radius 3 is 1.72 bits per heavy atom. The van der Waals surface area contributed by atoms with Gasteiger partial charge in [0.15, 0.2) is 0 Å². The number of benzene rings is 2. The van der Waals surface area contributed by atoms with E-state index in [-0.39, 0.29) is 5.97 Å². The van der Waals surface area contributed by atoms with E-state index in [1.54, 1.807) is 7.11 Å². The van der Waals surface area contributed by atoms with Gasteiger partial charge in [-0.2, -0.15) is 0 Å². The van der Waals surface area contributed by atoms with Gasteiger partial charge in [-0.3, -0.25) is 4.79 Å². The third-order valence-electron chi connectivity index (χ3n) is 5.41. The molecule has 0 radical (unpaired) electrons. The second-order valence-corrected chi connectivity index (χ2v) is 7.75. The molecular formula is C26H36O3. The first-order valence-electron chi connectivity index (χ1n) is 11.1. The first-order valence-corrected chi connectivity index (χ1v) is 11.1. The zero-order chi connectivity index (χ0) is 20.9. The van der Waals surface area contributed by atoms with E-state index in [0.29, 0.717) is 11.7 Å². The van der Waals surface area contributed by atoms with Crippen LogP contribution in [0.25, 0.3) is 0 Å². The van der Waals surface area contributed by atoms with Crippen LogP contribution >= 0.6 is 0 Å². The fraction of sp³-hybridized carbons (Fsp3) is 0.500. The van der Waals surface area contributed by atoms with E-state index < -0.39 is 0 Å². The molecule has 0 aliphatic carbocycles. The van der Waals surface area contributed by atoms with Gasteiger partial charge in [-0.05, 0) is 41.8 Å². The second-order valence-electron chi connectivity index (χ2n) is 7.75. The Kier molecular flexibility index (Phi) is 10.3. The van der Waals surface area contributed by atoms with Crippen molar-refractivity contribution in [2.45, 2.75) is 77.6 Å². The Morgan fingerprint density at radius 2 is 1.24 bits per heavy atom. The molecule has 0 heterocycles. The predicted octanol–water partition coefficient (Wildman–Crippen LogP) is 7.28. The number of esters is 1. The van der Waals surface area contributed by atoms with Gasteiger partial charge in [0.1, 0.15) is 11.5 Å². The lowest BCUT2D eigenvalue weighted by atomic mass is 9.86. The molecule has 0 aliphatic heterocycles. The fourth-order valence-electron chi connectivity index (χ4n) is 3.78. The minimum absolute atomic E-state index is 0.289. The largest absolute Gasteiger partial charge is 0.497 e. The molecule has 0 fully saturated rings. The monoisotopic (exact) mass is 396 g/mol. The van der Waals surface area contributed by atoms with E-state index in [2.05, 4.69) is 31.2 Å². The molecule has 0 aromatic heterocycles. The van der Waals surface area contributed by atoms with Gasteiger partial charge in [0, 0.05) is 12.8 Å². The maximum atomic E-state index is 11.2. The standard InChI is InChI=1S/C26H36O3/c1-4-5-6-7-8-9-10-11-12-26(22-13-17-24(28-3)18-14-22)23-15-19-25(20-16-23)29-21(2)27/h13-20,26H,4-12H2,1-3H3. The summed E-state index contributed by atoms with van der Waals surface area (Å²) in [5, 5.41) is 0. The summed E-state index contributed by atoms with van der Waals surface area (Å²) < 4.78 is 10.5. The van der Waals surface area contributed by atoms with Crippen molar-refractivity contribution in [2.24, 2.45) is 0 Å². The van der Waals surface area contributed by atoms with Crippen LogP contribution in [0.3, 0.4) is 0 Å². The predicted molar refractivity (Wildman–Crippen MR) is 120 cm³/mol.